The van der Waals surface area contributed by atoms with Crippen molar-refractivity contribution in [3.63, 3.8) is 0 Å². The third kappa shape index (κ3) is 19.2. The van der Waals surface area contributed by atoms with E-state index in [1.807, 2.05) is 27.7 Å². The highest BCUT2D eigenvalue weighted by Crippen LogP contribution is 2.26. The van der Waals surface area contributed by atoms with Gasteiger partial charge in [-0.3, -0.25) is 28.8 Å². The Morgan fingerprint density at radius 3 is 1.09 bits per heavy atom. The van der Waals surface area contributed by atoms with Gasteiger partial charge >= 0.3 is 11.9 Å². The Labute approximate surface area is 210 Å². The van der Waals surface area contributed by atoms with Gasteiger partial charge in [0, 0.05) is 12.8 Å². The number of rotatable bonds is 12. The van der Waals surface area contributed by atoms with E-state index < -0.39 is 22.9 Å². The zero-order valence-corrected chi connectivity index (χ0v) is 22.2. The number of ether oxygens (including phenoxy) is 2. The molecule has 0 aromatic heterocycles. The molecule has 0 spiro atoms. The molecule has 0 radical (unpaired) electrons. The van der Waals surface area contributed by atoms with Crippen LogP contribution in [0.2, 0.25) is 0 Å². The van der Waals surface area contributed by atoms with Crippen molar-refractivity contribution < 1.29 is 38.2 Å². The summed E-state index contributed by atoms with van der Waals surface area (Å²) in [5.74, 6) is -1.35. The van der Waals surface area contributed by atoms with E-state index in [0.29, 0.717) is 0 Å². The van der Waals surface area contributed by atoms with Crippen LogP contribution in [0.1, 0.15) is 88.5 Å². The molecule has 0 rings (SSSR count). The average molecular weight is 503 g/mol. The molecule has 0 saturated carbocycles. The number of carbonyl (C=O) groups excluding carboxylic acids is 6. The summed E-state index contributed by atoms with van der Waals surface area (Å²) in [6, 6.07) is -0.979. The molecule has 0 aromatic rings. The van der Waals surface area contributed by atoms with Crippen LogP contribution in [-0.4, -0.2) is 61.6 Å². The molecule has 2 atom stereocenters. The lowest BCUT2D eigenvalue weighted by molar-refractivity contribution is -0.144. The maximum atomic E-state index is 11.6. The van der Waals surface area contributed by atoms with E-state index in [0.717, 1.165) is 0 Å². The zero-order chi connectivity index (χ0) is 27.3. The molecular weight excluding hydrogens is 456 g/mol. The Kier molecular flexibility index (Phi) is 17.6. The fraction of sp³-hybridized carbons (Fsp3) is 0.760. The number of hydrogen-bond acceptors (Lipinski definition) is 8. The second-order valence-corrected chi connectivity index (χ2v) is 9.99. The number of amides is 2. The van der Waals surface area contributed by atoms with Gasteiger partial charge < -0.3 is 20.1 Å². The number of methoxy groups -OCH3 is 2. The Morgan fingerprint density at radius 2 is 0.886 bits per heavy atom. The number of ketones is 2. The van der Waals surface area contributed by atoms with Crippen LogP contribution in [0, 0.1) is 10.8 Å². The number of carbonyl (C=O) groups is 6. The number of Topliss-reactive ketones (excluding diaryl/α,β-unsaturated/α-hetero) is 2. The van der Waals surface area contributed by atoms with Crippen molar-refractivity contribution in [2.75, 3.05) is 14.2 Å². The molecule has 10 nitrogen and oxygen atoms in total. The highest BCUT2D eigenvalue weighted by atomic mass is 16.5. The van der Waals surface area contributed by atoms with Crippen LogP contribution in [0.3, 0.4) is 0 Å². The van der Waals surface area contributed by atoms with Gasteiger partial charge in [-0.05, 0) is 38.5 Å². The van der Waals surface area contributed by atoms with Crippen LogP contribution >= 0.6 is 0 Å². The van der Waals surface area contributed by atoms with Crippen LogP contribution in [0.15, 0.2) is 0 Å². The van der Waals surface area contributed by atoms with Crippen molar-refractivity contribution in [1.82, 2.24) is 10.6 Å². The lowest BCUT2D eigenvalue weighted by atomic mass is 9.85. The first-order valence-electron chi connectivity index (χ1n) is 11.1. The molecule has 0 bridgehead atoms. The first-order chi connectivity index (χ1) is 15.4. The molecule has 2 unspecified atom stereocenters. The average Bonchev–Trinajstić information content (AvgIpc) is 2.65. The largest absolute Gasteiger partial charge is 0.469 e. The van der Waals surface area contributed by atoms with Crippen molar-refractivity contribution in [3.8, 4) is 0 Å². The van der Waals surface area contributed by atoms with Gasteiger partial charge in [0.1, 0.15) is 0 Å². The lowest BCUT2D eigenvalue weighted by Crippen LogP contribution is -2.39. The van der Waals surface area contributed by atoms with Gasteiger partial charge in [-0.25, -0.2) is 0 Å². The summed E-state index contributed by atoms with van der Waals surface area (Å²) >= 11 is 0. The summed E-state index contributed by atoms with van der Waals surface area (Å²) in [5, 5.41) is 5.17. The number of hydrogen-bond donors (Lipinski definition) is 2. The van der Waals surface area contributed by atoms with Crippen molar-refractivity contribution in [3.05, 3.63) is 0 Å². The molecule has 0 aromatic carbocycles. The lowest BCUT2D eigenvalue weighted by Gasteiger charge is -2.23. The Balaban J connectivity index is -0.000000569. The fourth-order valence-corrected chi connectivity index (χ4v) is 2.71. The van der Waals surface area contributed by atoms with Gasteiger partial charge in [-0.2, -0.15) is 0 Å². The van der Waals surface area contributed by atoms with E-state index in [-0.39, 0.29) is 68.4 Å². The molecule has 0 aliphatic rings. The van der Waals surface area contributed by atoms with E-state index in [2.05, 4.69) is 20.1 Å². The minimum absolute atomic E-state index is 0. The van der Waals surface area contributed by atoms with E-state index in [9.17, 15) is 28.8 Å². The Hall–Kier alpha value is -2.78. The van der Waals surface area contributed by atoms with Crippen LogP contribution in [0.4, 0.5) is 0 Å². The van der Waals surface area contributed by atoms with Gasteiger partial charge in [-0.1, -0.05) is 35.1 Å². The fourth-order valence-electron chi connectivity index (χ4n) is 2.71. The van der Waals surface area contributed by atoms with Gasteiger partial charge in [0.2, 0.25) is 11.8 Å². The molecule has 0 aliphatic heterocycles. The summed E-state index contributed by atoms with van der Waals surface area (Å²) in [6.45, 7) is 13.3. The van der Waals surface area contributed by atoms with E-state index in [4.69, 9.17) is 0 Å². The third-order valence-electron chi connectivity index (χ3n) is 4.95. The summed E-state index contributed by atoms with van der Waals surface area (Å²) in [5.41, 5.74) is -0.957. The molecule has 0 saturated heterocycles. The van der Waals surface area contributed by atoms with Gasteiger partial charge in [-0.15, -0.1) is 0 Å². The molecule has 204 valence electrons. The van der Waals surface area contributed by atoms with Crippen molar-refractivity contribution in [1.29, 1.82) is 0 Å². The second kappa shape index (κ2) is 16.8. The van der Waals surface area contributed by atoms with Crippen LogP contribution in [0.25, 0.3) is 0 Å². The maximum Gasteiger partial charge on any atom is 0.306 e. The molecule has 0 heterocycles. The molecule has 35 heavy (non-hydrogen) atoms. The molecule has 2 N–H and O–H groups in total. The Morgan fingerprint density at radius 1 is 0.629 bits per heavy atom. The van der Waals surface area contributed by atoms with Crippen molar-refractivity contribution in [2.45, 2.75) is 101 Å². The molecule has 2 amide bonds. The summed E-state index contributed by atoms with van der Waals surface area (Å²) in [6.07, 6.45) is 0.705. The number of nitrogens with one attached hydrogen (secondary N) is 2. The first-order valence-corrected chi connectivity index (χ1v) is 11.1. The standard InChI is InChI=1S/2C12H21NO4.CH4/c2*1-8(9(2)14)13-10(15)6-12(3,4)7-11(16)17-5;/h2*8H,6-7H2,1-5H3,(H,13,15);1H4. The highest BCUT2D eigenvalue weighted by molar-refractivity contribution is 5.88. The molecule has 0 aliphatic carbocycles. The molecular formula is C25H46N2O8. The van der Waals surface area contributed by atoms with E-state index in [1.54, 1.807) is 13.8 Å². The zero-order valence-electron chi connectivity index (χ0n) is 22.2. The van der Waals surface area contributed by atoms with Gasteiger partial charge in [0.05, 0.1) is 39.1 Å². The van der Waals surface area contributed by atoms with Gasteiger partial charge in [0.15, 0.2) is 11.6 Å². The van der Waals surface area contributed by atoms with Crippen molar-refractivity contribution >= 4 is 35.3 Å². The first kappa shape index (κ1) is 36.8. The van der Waals surface area contributed by atoms with Crippen LogP contribution in [0.5, 0.6) is 0 Å². The minimum Gasteiger partial charge on any atom is -0.469 e. The molecule has 10 heteroatoms. The SMILES string of the molecule is C.COC(=O)CC(C)(C)CC(=O)NC(C)C(C)=O.COC(=O)CC(C)(C)CC(=O)NC(C)C(C)=O. The minimum atomic E-state index is -0.489. The van der Waals surface area contributed by atoms with Crippen molar-refractivity contribution in [2.24, 2.45) is 10.8 Å². The Bertz CT molecular complexity index is 682. The number of esters is 2. The highest BCUT2D eigenvalue weighted by Gasteiger charge is 2.27. The quantitative estimate of drug-likeness (QED) is 0.388. The summed E-state index contributed by atoms with van der Waals surface area (Å²) < 4.78 is 9.12. The van der Waals surface area contributed by atoms with E-state index in [1.165, 1.54) is 28.1 Å². The summed E-state index contributed by atoms with van der Waals surface area (Å²) in [7, 11) is 2.63. The van der Waals surface area contributed by atoms with Crippen LogP contribution in [-0.2, 0) is 38.2 Å². The third-order valence-corrected chi connectivity index (χ3v) is 4.95. The van der Waals surface area contributed by atoms with Crippen LogP contribution < -0.4 is 10.6 Å². The normalized spacial score (nSPS) is 12.4. The second-order valence-electron chi connectivity index (χ2n) is 9.99. The monoisotopic (exact) mass is 502 g/mol. The summed E-state index contributed by atoms with van der Waals surface area (Å²) in [4.78, 5) is 67.5. The molecule has 0 fully saturated rings. The predicted molar refractivity (Wildman–Crippen MR) is 133 cm³/mol. The maximum absolute atomic E-state index is 11.6. The van der Waals surface area contributed by atoms with E-state index >= 15 is 0 Å². The smallest absolute Gasteiger partial charge is 0.306 e. The van der Waals surface area contributed by atoms with Gasteiger partial charge in [0.25, 0.3) is 0 Å². The predicted octanol–water partition coefficient (Wildman–Crippen LogP) is 2.76. The topological polar surface area (TPSA) is 145 Å².